The number of hydrogen-bond acceptors (Lipinski definition) is 9. The number of aliphatic hydroxyl groups excluding tert-OH is 2. The summed E-state index contributed by atoms with van der Waals surface area (Å²) >= 11 is 0. The largest absolute Gasteiger partial charge is 0.508 e. The highest BCUT2D eigenvalue weighted by Crippen LogP contribution is 2.11. The summed E-state index contributed by atoms with van der Waals surface area (Å²) in [5.41, 5.74) is 12.0. The first-order valence-corrected chi connectivity index (χ1v) is 11.2. The number of benzene rings is 1. The second-order valence-electron chi connectivity index (χ2n) is 8.13. The van der Waals surface area contributed by atoms with Crippen molar-refractivity contribution in [2.24, 2.45) is 11.5 Å². The highest BCUT2D eigenvalue weighted by atomic mass is 16.4. The van der Waals surface area contributed by atoms with E-state index in [-0.39, 0.29) is 18.6 Å². The molecular weight excluding hydrogens is 462 g/mol. The SMILES string of the molecule is CC(O)C(NC(=O)C(N)Cc1ccc(O)cc1)C(=O)NC(CCCCN)C(=O)NC(CO)C(=O)O. The van der Waals surface area contributed by atoms with E-state index in [0.717, 1.165) is 0 Å². The molecule has 1 aromatic rings. The molecule has 0 saturated heterocycles. The molecule has 3 amide bonds. The Morgan fingerprint density at radius 2 is 1.54 bits per heavy atom. The van der Waals surface area contributed by atoms with E-state index in [0.29, 0.717) is 24.9 Å². The van der Waals surface area contributed by atoms with Crippen LogP contribution in [0.4, 0.5) is 0 Å². The number of carbonyl (C=O) groups excluding carboxylic acids is 3. The summed E-state index contributed by atoms with van der Waals surface area (Å²) < 4.78 is 0. The normalized spacial score (nSPS) is 15.2. The predicted molar refractivity (Wildman–Crippen MR) is 125 cm³/mol. The zero-order valence-corrected chi connectivity index (χ0v) is 19.5. The molecule has 0 bridgehead atoms. The molecule has 0 aliphatic carbocycles. The van der Waals surface area contributed by atoms with Gasteiger partial charge in [0.25, 0.3) is 0 Å². The summed E-state index contributed by atoms with van der Waals surface area (Å²) in [6.45, 7) is 0.753. The Labute approximate surface area is 202 Å². The van der Waals surface area contributed by atoms with Crippen molar-refractivity contribution in [1.82, 2.24) is 16.0 Å². The van der Waals surface area contributed by atoms with Gasteiger partial charge in [0, 0.05) is 0 Å². The number of unbranched alkanes of at least 4 members (excludes halogenated alkanes) is 1. The average Bonchev–Trinajstić information content (AvgIpc) is 2.80. The maximum Gasteiger partial charge on any atom is 0.328 e. The smallest absolute Gasteiger partial charge is 0.328 e. The summed E-state index contributed by atoms with van der Waals surface area (Å²) in [6, 6.07) is 0.754. The van der Waals surface area contributed by atoms with Crippen molar-refractivity contribution in [3.05, 3.63) is 29.8 Å². The minimum Gasteiger partial charge on any atom is -0.508 e. The van der Waals surface area contributed by atoms with Crippen molar-refractivity contribution in [1.29, 1.82) is 0 Å². The van der Waals surface area contributed by atoms with Gasteiger partial charge in [0.05, 0.1) is 18.8 Å². The van der Waals surface area contributed by atoms with E-state index >= 15 is 0 Å². The van der Waals surface area contributed by atoms with Crippen molar-refractivity contribution >= 4 is 23.7 Å². The Kier molecular flexibility index (Phi) is 12.7. The third kappa shape index (κ3) is 10.3. The summed E-state index contributed by atoms with van der Waals surface area (Å²) in [4.78, 5) is 49.1. The number of phenols is 1. The molecular formula is C22H35N5O8. The predicted octanol–water partition coefficient (Wildman–Crippen LogP) is -2.70. The molecule has 13 heteroatoms. The molecule has 0 spiro atoms. The molecule has 0 fully saturated rings. The van der Waals surface area contributed by atoms with Gasteiger partial charge in [0.15, 0.2) is 0 Å². The Morgan fingerprint density at radius 1 is 0.943 bits per heavy atom. The van der Waals surface area contributed by atoms with Crippen LogP contribution in [0.15, 0.2) is 24.3 Å². The Morgan fingerprint density at radius 3 is 2.06 bits per heavy atom. The molecule has 196 valence electrons. The third-order valence-corrected chi connectivity index (χ3v) is 5.17. The van der Waals surface area contributed by atoms with E-state index in [9.17, 15) is 29.4 Å². The van der Waals surface area contributed by atoms with E-state index in [1.54, 1.807) is 12.1 Å². The summed E-state index contributed by atoms with van der Waals surface area (Å²) in [5, 5.41) is 44.6. The molecule has 0 aliphatic heterocycles. The van der Waals surface area contributed by atoms with Crippen LogP contribution >= 0.6 is 0 Å². The number of aliphatic carboxylic acids is 1. The van der Waals surface area contributed by atoms with Gasteiger partial charge in [-0.2, -0.15) is 0 Å². The van der Waals surface area contributed by atoms with E-state index in [4.69, 9.17) is 21.7 Å². The van der Waals surface area contributed by atoms with Crippen molar-refractivity contribution in [2.45, 2.75) is 62.9 Å². The molecule has 0 aromatic heterocycles. The molecule has 0 aliphatic rings. The lowest BCUT2D eigenvalue weighted by molar-refractivity contribution is -0.143. The van der Waals surface area contributed by atoms with Gasteiger partial charge < -0.3 is 47.8 Å². The maximum atomic E-state index is 12.9. The number of aromatic hydroxyl groups is 1. The fourth-order valence-corrected chi connectivity index (χ4v) is 3.13. The zero-order valence-electron chi connectivity index (χ0n) is 19.5. The zero-order chi connectivity index (χ0) is 26.5. The van der Waals surface area contributed by atoms with Gasteiger partial charge >= 0.3 is 5.97 Å². The summed E-state index contributed by atoms with van der Waals surface area (Å²) in [5.74, 6) is -3.86. The average molecular weight is 498 g/mol. The summed E-state index contributed by atoms with van der Waals surface area (Å²) in [6.07, 6.45) is -0.188. The standard InChI is InChI=1S/C22H35N5O8/c1-12(29)18(27-19(31)15(24)10-13-5-7-14(30)8-6-13)21(33)25-16(4-2-3-9-23)20(32)26-17(11-28)22(34)35/h5-8,12,15-18,28-30H,2-4,9-11,23-24H2,1H3,(H,25,33)(H,26,32)(H,27,31)(H,34,35). The molecule has 1 rings (SSSR count). The van der Waals surface area contributed by atoms with Crippen molar-refractivity contribution in [3.8, 4) is 5.75 Å². The van der Waals surface area contributed by atoms with E-state index in [1.807, 2.05) is 0 Å². The minimum atomic E-state index is -1.57. The first kappa shape index (κ1) is 29.8. The van der Waals surface area contributed by atoms with Crippen molar-refractivity contribution in [3.63, 3.8) is 0 Å². The quantitative estimate of drug-likeness (QED) is 0.114. The van der Waals surface area contributed by atoms with E-state index in [2.05, 4.69) is 16.0 Å². The van der Waals surface area contributed by atoms with Crippen LogP contribution in [0.3, 0.4) is 0 Å². The Bertz CT molecular complexity index is 849. The van der Waals surface area contributed by atoms with Crippen LogP contribution in [0, 0.1) is 0 Å². The van der Waals surface area contributed by atoms with Gasteiger partial charge in [-0.15, -0.1) is 0 Å². The van der Waals surface area contributed by atoms with Crippen molar-refractivity contribution < 1.29 is 39.6 Å². The fourth-order valence-electron chi connectivity index (χ4n) is 3.13. The number of carbonyl (C=O) groups is 4. The van der Waals surface area contributed by atoms with Gasteiger partial charge in [-0.3, -0.25) is 14.4 Å². The molecule has 11 N–H and O–H groups in total. The molecule has 5 atom stereocenters. The van der Waals surface area contributed by atoms with Gasteiger partial charge in [0.1, 0.15) is 23.9 Å². The molecule has 13 nitrogen and oxygen atoms in total. The third-order valence-electron chi connectivity index (χ3n) is 5.17. The topological polar surface area (TPSA) is 237 Å². The number of nitrogens with one attached hydrogen (secondary N) is 3. The molecule has 5 unspecified atom stereocenters. The second-order valence-corrected chi connectivity index (χ2v) is 8.13. The minimum absolute atomic E-state index is 0.0522. The second kappa shape index (κ2) is 14.9. The first-order valence-electron chi connectivity index (χ1n) is 11.2. The first-order chi connectivity index (χ1) is 16.5. The Hall–Kier alpha value is -3.26. The number of rotatable bonds is 15. The molecule has 0 heterocycles. The van der Waals surface area contributed by atoms with Crippen LogP contribution in [0.25, 0.3) is 0 Å². The van der Waals surface area contributed by atoms with Gasteiger partial charge in [-0.1, -0.05) is 12.1 Å². The van der Waals surface area contributed by atoms with Crippen LogP contribution in [0.5, 0.6) is 5.75 Å². The van der Waals surface area contributed by atoms with Gasteiger partial charge in [-0.25, -0.2) is 4.79 Å². The number of aliphatic hydroxyl groups is 2. The van der Waals surface area contributed by atoms with Crippen LogP contribution in [-0.2, 0) is 25.6 Å². The number of amides is 3. The number of carboxylic acids is 1. The molecule has 0 radical (unpaired) electrons. The summed E-state index contributed by atoms with van der Waals surface area (Å²) in [7, 11) is 0. The van der Waals surface area contributed by atoms with Crippen LogP contribution < -0.4 is 27.4 Å². The van der Waals surface area contributed by atoms with Gasteiger partial charge in [-0.05, 0) is 56.8 Å². The Balaban J connectivity index is 2.89. The lowest BCUT2D eigenvalue weighted by atomic mass is 10.0. The van der Waals surface area contributed by atoms with Gasteiger partial charge in [0.2, 0.25) is 17.7 Å². The molecule has 0 saturated carbocycles. The molecule has 1 aromatic carbocycles. The van der Waals surface area contributed by atoms with Crippen LogP contribution in [0.1, 0.15) is 31.7 Å². The number of hydrogen-bond donors (Lipinski definition) is 9. The van der Waals surface area contributed by atoms with Crippen molar-refractivity contribution in [2.75, 3.05) is 13.2 Å². The number of nitrogens with two attached hydrogens (primary N) is 2. The molecule has 35 heavy (non-hydrogen) atoms. The monoisotopic (exact) mass is 497 g/mol. The van der Waals surface area contributed by atoms with E-state index in [1.165, 1.54) is 19.1 Å². The van der Waals surface area contributed by atoms with Crippen LogP contribution in [-0.4, -0.2) is 87.5 Å². The lowest BCUT2D eigenvalue weighted by Crippen LogP contribution is -2.60. The highest BCUT2D eigenvalue weighted by molar-refractivity contribution is 5.94. The number of carboxylic acid groups (broad SMARTS) is 1. The van der Waals surface area contributed by atoms with E-state index < -0.39 is 60.6 Å². The fraction of sp³-hybridized carbons (Fsp3) is 0.545. The number of phenolic OH excluding ortho intramolecular Hbond substituents is 1. The van der Waals surface area contributed by atoms with Crippen LogP contribution in [0.2, 0.25) is 0 Å². The highest BCUT2D eigenvalue weighted by Gasteiger charge is 2.32. The lowest BCUT2D eigenvalue weighted by Gasteiger charge is -2.26. The maximum absolute atomic E-state index is 12.9.